The maximum Gasteiger partial charge on any atom is 0.387 e. The van der Waals surface area contributed by atoms with Gasteiger partial charge >= 0.3 is 6.61 Å². The summed E-state index contributed by atoms with van der Waals surface area (Å²) >= 11 is 0. The summed E-state index contributed by atoms with van der Waals surface area (Å²) in [7, 11) is 0. The minimum atomic E-state index is -2.86. The van der Waals surface area contributed by atoms with Crippen LogP contribution >= 0.6 is 0 Å². The first kappa shape index (κ1) is 16.6. The van der Waals surface area contributed by atoms with Gasteiger partial charge in [0.2, 0.25) is 5.91 Å². The van der Waals surface area contributed by atoms with E-state index in [1.54, 1.807) is 24.4 Å². The van der Waals surface area contributed by atoms with Crippen LogP contribution in [0.5, 0.6) is 5.75 Å². The van der Waals surface area contributed by atoms with E-state index in [1.165, 1.54) is 18.2 Å². The van der Waals surface area contributed by atoms with E-state index in [9.17, 15) is 13.6 Å². The number of hydrogen-bond acceptors (Lipinski definition) is 3. The smallest absolute Gasteiger partial charge is 0.387 e. The second-order valence-corrected chi connectivity index (χ2v) is 5.19. The molecule has 0 aliphatic heterocycles. The first-order valence-corrected chi connectivity index (χ1v) is 7.49. The molecule has 0 aliphatic carbocycles. The second-order valence-electron chi connectivity index (χ2n) is 5.19. The maximum absolute atomic E-state index is 12.1. The topological polar surface area (TPSA) is 51.2 Å². The molecule has 0 unspecified atom stereocenters. The van der Waals surface area contributed by atoms with E-state index in [4.69, 9.17) is 0 Å². The van der Waals surface area contributed by atoms with Crippen LogP contribution in [0, 0.1) is 0 Å². The molecule has 1 amide bonds. The van der Waals surface area contributed by atoms with Crippen LogP contribution in [-0.2, 0) is 4.79 Å². The highest BCUT2D eigenvalue weighted by Crippen LogP contribution is 2.17. The van der Waals surface area contributed by atoms with E-state index < -0.39 is 6.61 Å². The zero-order valence-electron chi connectivity index (χ0n) is 13.0. The molecule has 1 N–H and O–H groups in total. The SMILES string of the molecule is O=C(/C=C/c1ccc(OC(F)F)cc1)Nc1cnc2ccccc2c1. The fourth-order valence-corrected chi connectivity index (χ4v) is 2.26. The van der Waals surface area contributed by atoms with Crippen LogP contribution < -0.4 is 10.1 Å². The summed E-state index contributed by atoms with van der Waals surface area (Å²) < 4.78 is 28.4. The summed E-state index contributed by atoms with van der Waals surface area (Å²) in [4.78, 5) is 16.3. The number of alkyl halides is 2. The van der Waals surface area contributed by atoms with Gasteiger partial charge in [-0.2, -0.15) is 8.78 Å². The van der Waals surface area contributed by atoms with Gasteiger partial charge in [0.15, 0.2) is 0 Å². The lowest BCUT2D eigenvalue weighted by Crippen LogP contribution is -2.07. The zero-order chi connectivity index (χ0) is 17.6. The summed E-state index contributed by atoms with van der Waals surface area (Å²) in [6, 6.07) is 15.4. The second kappa shape index (κ2) is 7.53. The predicted octanol–water partition coefficient (Wildman–Crippen LogP) is 4.49. The number of fused-ring (bicyclic) bond motifs is 1. The van der Waals surface area contributed by atoms with Crippen LogP contribution in [0.1, 0.15) is 5.56 Å². The summed E-state index contributed by atoms with van der Waals surface area (Å²) in [5, 5.41) is 3.66. The molecule has 6 heteroatoms. The van der Waals surface area contributed by atoms with Crippen molar-refractivity contribution in [2.45, 2.75) is 6.61 Å². The molecule has 4 nitrogen and oxygen atoms in total. The number of anilines is 1. The van der Waals surface area contributed by atoms with Crippen molar-refractivity contribution >= 4 is 28.6 Å². The van der Waals surface area contributed by atoms with Gasteiger partial charge in [0, 0.05) is 11.5 Å². The number of rotatable bonds is 5. The Hall–Kier alpha value is -3.28. The molecule has 25 heavy (non-hydrogen) atoms. The third-order valence-electron chi connectivity index (χ3n) is 3.39. The number of pyridine rings is 1. The number of para-hydroxylation sites is 1. The molecule has 126 valence electrons. The average Bonchev–Trinajstić information content (AvgIpc) is 2.60. The number of nitrogens with zero attached hydrogens (tertiary/aromatic N) is 1. The molecule has 0 bridgehead atoms. The minimum Gasteiger partial charge on any atom is -0.435 e. The highest BCUT2D eigenvalue weighted by atomic mass is 19.3. The fourth-order valence-electron chi connectivity index (χ4n) is 2.26. The number of nitrogens with one attached hydrogen (secondary N) is 1. The van der Waals surface area contributed by atoms with Gasteiger partial charge in [-0.1, -0.05) is 30.3 Å². The van der Waals surface area contributed by atoms with Gasteiger partial charge in [-0.3, -0.25) is 9.78 Å². The van der Waals surface area contributed by atoms with Gasteiger partial charge in [0.25, 0.3) is 0 Å². The van der Waals surface area contributed by atoms with Crippen LogP contribution in [0.25, 0.3) is 17.0 Å². The summed E-state index contributed by atoms with van der Waals surface area (Å²) in [6.07, 6.45) is 4.53. The van der Waals surface area contributed by atoms with E-state index in [0.29, 0.717) is 11.3 Å². The van der Waals surface area contributed by atoms with Crippen LogP contribution in [0.4, 0.5) is 14.5 Å². The van der Waals surface area contributed by atoms with Gasteiger partial charge in [-0.15, -0.1) is 0 Å². The van der Waals surface area contributed by atoms with Crippen LogP contribution in [-0.4, -0.2) is 17.5 Å². The molecule has 0 aliphatic rings. The molecule has 2 aromatic carbocycles. The number of halogens is 2. The Kier molecular flexibility index (Phi) is 4.99. The van der Waals surface area contributed by atoms with Crippen molar-refractivity contribution in [1.82, 2.24) is 4.98 Å². The lowest BCUT2D eigenvalue weighted by Gasteiger charge is -2.04. The highest BCUT2D eigenvalue weighted by molar-refractivity contribution is 6.02. The van der Waals surface area contributed by atoms with Crippen molar-refractivity contribution in [3.05, 3.63) is 72.4 Å². The molecule has 0 saturated heterocycles. The van der Waals surface area contributed by atoms with E-state index in [2.05, 4.69) is 15.0 Å². The van der Waals surface area contributed by atoms with Crippen LogP contribution in [0.15, 0.2) is 66.9 Å². The molecule has 1 aromatic heterocycles. The third kappa shape index (κ3) is 4.60. The molecule has 0 fully saturated rings. The lowest BCUT2D eigenvalue weighted by molar-refractivity contribution is -0.111. The molecular weight excluding hydrogens is 326 g/mol. The average molecular weight is 340 g/mol. The molecule has 3 aromatic rings. The normalized spacial score (nSPS) is 11.2. The Morgan fingerprint density at radius 3 is 2.64 bits per heavy atom. The fraction of sp³-hybridized carbons (Fsp3) is 0.0526. The number of carbonyl (C=O) groups excluding carboxylic acids is 1. The predicted molar refractivity (Wildman–Crippen MR) is 92.5 cm³/mol. The highest BCUT2D eigenvalue weighted by Gasteiger charge is 2.03. The molecule has 0 atom stereocenters. The van der Waals surface area contributed by atoms with Gasteiger partial charge in [-0.25, -0.2) is 0 Å². The van der Waals surface area contributed by atoms with Crippen molar-refractivity contribution in [3.8, 4) is 5.75 Å². The summed E-state index contributed by atoms with van der Waals surface area (Å²) in [5.41, 5.74) is 2.13. The van der Waals surface area contributed by atoms with Crippen molar-refractivity contribution in [2.24, 2.45) is 0 Å². The van der Waals surface area contributed by atoms with Crippen molar-refractivity contribution in [3.63, 3.8) is 0 Å². The van der Waals surface area contributed by atoms with Crippen LogP contribution in [0.3, 0.4) is 0 Å². The van der Waals surface area contributed by atoms with Crippen LogP contribution in [0.2, 0.25) is 0 Å². The standard InChI is InChI=1S/C19H14F2N2O2/c20-19(21)25-16-8-5-13(6-9-16)7-10-18(24)23-15-11-14-3-1-2-4-17(14)22-12-15/h1-12,19H,(H,23,24)/b10-7+. The van der Waals surface area contributed by atoms with Gasteiger partial charge < -0.3 is 10.1 Å². The van der Waals surface area contributed by atoms with E-state index in [1.807, 2.05) is 30.3 Å². The third-order valence-corrected chi connectivity index (χ3v) is 3.39. The molecule has 3 rings (SSSR count). The molecule has 0 spiro atoms. The molecule has 0 radical (unpaired) electrons. The van der Waals surface area contributed by atoms with Crippen molar-refractivity contribution in [1.29, 1.82) is 0 Å². The molecule has 1 heterocycles. The van der Waals surface area contributed by atoms with Crippen molar-refractivity contribution in [2.75, 3.05) is 5.32 Å². The molecule has 0 saturated carbocycles. The first-order valence-electron chi connectivity index (χ1n) is 7.49. The Bertz CT molecular complexity index is 909. The number of ether oxygens (including phenoxy) is 1. The number of carbonyl (C=O) groups is 1. The lowest BCUT2D eigenvalue weighted by atomic mass is 10.2. The zero-order valence-corrected chi connectivity index (χ0v) is 13.0. The van der Waals surface area contributed by atoms with Crippen molar-refractivity contribution < 1.29 is 18.3 Å². The first-order chi connectivity index (χ1) is 12.1. The quantitative estimate of drug-likeness (QED) is 0.696. The van der Waals surface area contributed by atoms with Gasteiger partial charge in [-0.05, 0) is 35.9 Å². The number of aromatic nitrogens is 1. The van der Waals surface area contributed by atoms with E-state index in [-0.39, 0.29) is 11.7 Å². The summed E-state index contributed by atoms with van der Waals surface area (Å²) in [6.45, 7) is -2.86. The Morgan fingerprint density at radius 1 is 1.12 bits per heavy atom. The van der Waals surface area contributed by atoms with Gasteiger partial charge in [0.1, 0.15) is 5.75 Å². The largest absolute Gasteiger partial charge is 0.435 e. The van der Waals surface area contributed by atoms with Gasteiger partial charge in [0.05, 0.1) is 17.4 Å². The minimum absolute atomic E-state index is 0.0684. The molecular formula is C19H14F2N2O2. The Labute approximate surface area is 142 Å². The number of benzene rings is 2. The Balaban J connectivity index is 1.63. The summed E-state index contributed by atoms with van der Waals surface area (Å²) in [5.74, 6) is -0.246. The Morgan fingerprint density at radius 2 is 1.88 bits per heavy atom. The number of amides is 1. The maximum atomic E-state index is 12.1. The number of hydrogen-bond donors (Lipinski definition) is 1. The van der Waals surface area contributed by atoms with E-state index >= 15 is 0 Å². The monoisotopic (exact) mass is 340 g/mol. The van der Waals surface area contributed by atoms with E-state index in [0.717, 1.165) is 10.9 Å².